The van der Waals surface area contributed by atoms with Gasteiger partial charge in [0.15, 0.2) is 0 Å². The number of rotatable bonds is 35. The average molecular weight is 665 g/mol. The molecule has 38 heavy (non-hydrogen) atoms. The first-order valence-electron chi connectivity index (χ1n) is 18.2. The summed E-state index contributed by atoms with van der Waals surface area (Å²) in [6.07, 6.45) is 47.7. The Balaban J connectivity index is 3.01. The molecule has 0 aliphatic rings. The van der Waals surface area contributed by atoms with Gasteiger partial charge in [-0.1, -0.05) is 78.1 Å². The van der Waals surface area contributed by atoms with E-state index >= 15 is 0 Å². The Morgan fingerprint density at radius 3 is 0.553 bits per heavy atom. The molecular weight excluding hydrogens is 590 g/mol. The molecule has 0 aliphatic heterocycles. The van der Waals surface area contributed by atoms with Gasteiger partial charge >= 0.3 is 178 Å². The zero-order valence-electron chi connectivity index (χ0n) is 26.9. The zero-order valence-corrected chi connectivity index (χ0v) is 30.3. The van der Waals surface area contributed by atoms with Crippen molar-refractivity contribution in [1.29, 1.82) is 0 Å². The average Bonchev–Trinajstić information content (AvgIpc) is 2.93. The van der Waals surface area contributed by atoms with E-state index in [0.717, 1.165) is 26.3 Å². The van der Waals surface area contributed by atoms with E-state index in [0.29, 0.717) is 0 Å². The second kappa shape index (κ2) is 38.0. The van der Waals surface area contributed by atoms with Crippen LogP contribution in [-0.2, 0) is 0 Å². The van der Waals surface area contributed by atoms with Crippen molar-refractivity contribution in [1.82, 2.24) is 0 Å². The summed E-state index contributed by atoms with van der Waals surface area (Å²) in [5.74, 6) is 0. The molecule has 0 aromatic rings. The van der Waals surface area contributed by atoms with Crippen LogP contribution in [0.5, 0.6) is 0 Å². The molecule has 2 heteroatoms. The molecule has 0 aromatic heterocycles. The van der Waals surface area contributed by atoms with Crippen molar-refractivity contribution < 1.29 is 0 Å². The molecule has 0 aliphatic carbocycles. The Hall–Kier alpha value is 1.04. The quantitative estimate of drug-likeness (QED) is 0.0467. The van der Waals surface area contributed by atoms with E-state index in [1.807, 2.05) is 0 Å². The molecule has 0 N–H and O–H groups in total. The molecular formula is C36H74Se2. The second-order valence-corrected chi connectivity index (χ2v) is 20.1. The first-order valence-corrected chi connectivity index (χ1v) is 24.9. The van der Waals surface area contributed by atoms with Crippen LogP contribution in [0.1, 0.15) is 219 Å². The van der Waals surface area contributed by atoms with Crippen LogP contribution >= 0.6 is 0 Å². The smallest absolute Gasteiger partial charge is 0.0654 e. The van der Waals surface area contributed by atoms with Crippen molar-refractivity contribution in [3.8, 4) is 0 Å². The molecule has 230 valence electrons. The number of unbranched alkanes of at least 4 members (excludes halogenated alkanes) is 30. The molecule has 0 amide bonds. The van der Waals surface area contributed by atoms with Gasteiger partial charge in [-0.2, -0.15) is 0 Å². The van der Waals surface area contributed by atoms with Crippen molar-refractivity contribution in [3.63, 3.8) is 0 Å². The molecule has 0 spiro atoms. The van der Waals surface area contributed by atoms with Gasteiger partial charge in [-0.3, -0.25) is 0 Å². The molecule has 0 aromatic carbocycles. The molecule has 0 atom stereocenters. The maximum absolute atomic E-state index is 2.31. The van der Waals surface area contributed by atoms with Gasteiger partial charge in [0, 0.05) is 0 Å². The standard InChI is InChI=1S/C36H74Se2/c1-3-5-7-9-11-13-15-17-19-21-23-25-27-29-31-33-35-37-38-36-34-32-30-28-26-24-22-20-18-16-14-12-10-8-6-4-2/h3-36H2,1-2H3. The van der Waals surface area contributed by atoms with Crippen molar-refractivity contribution in [2.75, 3.05) is 0 Å². The fraction of sp³-hybridized carbons (Fsp3) is 1.00. The maximum atomic E-state index is 2.31. The molecule has 0 radical (unpaired) electrons. The summed E-state index contributed by atoms with van der Waals surface area (Å²) >= 11 is 2.02. The Bertz CT molecular complexity index is 348. The summed E-state index contributed by atoms with van der Waals surface area (Å²) in [7, 11) is 0. The zero-order chi connectivity index (χ0) is 27.5. The SMILES string of the molecule is CCCCCCCCCCCCCCCCCC[Se][Se]CCCCCCCCCCCCCCCCCC. The van der Waals surface area contributed by atoms with Crippen molar-refractivity contribution in [2.45, 2.75) is 230 Å². The second-order valence-electron chi connectivity index (χ2n) is 12.3. The third kappa shape index (κ3) is 37.0. The molecule has 0 bridgehead atoms. The van der Waals surface area contributed by atoms with Gasteiger partial charge in [-0.05, 0) is 0 Å². The van der Waals surface area contributed by atoms with Gasteiger partial charge in [0.05, 0.1) is 0 Å². The van der Waals surface area contributed by atoms with Crippen LogP contribution in [0.3, 0.4) is 0 Å². The third-order valence-electron chi connectivity index (χ3n) is 8.25. The first-order chi connectivity index (χ1) is 18.9. The minimum absolute atomic E-state index is 1.01. The molecule has 0 saturated heterocycles. The monoisotopic (exact) mass is 666 g/mol. The van der Waals surface area contributed by atoms with Crippen LogP contribution in [0.25, 0.3) is 0 Å². The number of hydrogen-bond donors (Lipinski definition) is 0. The van der Waals surface area contributed by atoms with E-state index < -0.39 is 0 Å². The molecule has 0 heterocycles. The van der Waals surface area contributed by atoms with E-state index in [4.69, 9.17) is 0 Å². The summed E-state index contributed by atoms with van der Waals surface area (Å²) in [4.78, 5) is 0. The van der Waals surface area contributed by atoms with Gasteiger partial charge in [0.2, 0.25) is 0 Å². The fourth-order valence-corrected chi connectivity index (χ4v) is 12.5. The van der Waals surface area contributed by atoms with Gasteiger partial charge < -0.3 is 0 Å². The Kier molecular flexibility index (Phi) is 39.1. The van der Waals surface area contributed by atoms with E-state index in [1.165, 1.54) is 193 Å². The first kappa shape index (κ1) is 39.0. The Morgan fingerprint density at radius 2 is 0.368 bits per heavy atom. The molecule has 0 rings (SSSR count). The minimum Gasteiger partial charge on any atom is -0.0654 e. The van der Waals surface area contributed by atoms with Gasteiger partial charge in [0.25, 0.3) is 0 Å². The molecule has 0 fully saturated rings. The van der Waals surface area contributed by atoms with E-state index in [1.54, 1.807) is 23.5 Å². The van der Waals surface area contributed by atoms with Crippen LogP contribution in [0.4, 0.5) is 0 Å². The topological polar surface area (TPSA) is 0 Å². The van der Waals surface area contributed by atoms with Gasteiger partial charge in [-0.15, -0.1) is 0 Å². The van der Waals surface area contributed by atoms with Crippen LogP contribution < -0.4 is 0 Å². The van der Waals surface area contributed by atoms with E-state index in [-0.39, 0.29) is 0 Å². The summed E-state index contributed by atoms with van der Waals surface area (Å²) in [5.41, 5.74) is 0. The van der Waals surface area contributed by atoms with Crippen LogP contribution in [0.2, 0.25) is 10.6 Å². The fourth-order valence-electron chi connectivity index (χ4n) is 5.54. The minimum atomic E-state index is 1.01. The molecule has 0 saturated carbocycles. The summed E-state index contributed by atoms with van der Waals surface area (Å²) in [6.45, 7) is 4.62. The Morgan fingerprint density at radius 1 is 0.211 bits per heavy atom. The summed E-state index contributed by atoms with van der Waals surface area (Å²) in [5, 5.41) is 3.18. The van der Waals surface area contributed by atoms with E-state index in [9.17, 15) is 0 Å². The van der Waals surface area contributed by atoms with E-state index in [2.05, 4.69) is 13.8 Å². The van der Waals surface area contributed by atoms with Crippen LogP contribution in [0.15, 0.2) is 0 Å². The summed E-state index contributed by atoms with van der Waals surface area (Å²) in [6, 6.07) is 0. The van der Waals surface area contributed by atoms with Crippen molar-refractivity contribution in [2.24, 2.45) is 0 Å². The van der Waals surface area contributed by atoms with Crippen LogP contribution in [0, 0.1) is 0 Å². The van der Waals surface area contributed by atoms with Gasteiger partial charge in [0.1, 0.15) is 0 Å². The number of hydrogen-bond acceptors (Lipinski definition) is 0. The van der Waals surface area contributed by atoms with Crippen molar-refractivity contribution in [3.05, 3.63) is 0 Å². The molecule has 0 nitrogen and oxygen atoms in total. The summed E-state index contributed by atoms with van der Waals surface area (Å²) < 4.78 is 0. The van der Waals surface area contributed by atoms with Gasteiger partial charge in [-0.25, -0.2) is 0 Å². The Labute approximate surface area is 255 Å². The third-order valence-corrected chi connectivity index (χ3v) is 16.0. The predicted molar refractivity (Wildman–Crippen MR) is 180 cm³/mol. The van der Waals surface area contributed by atoms with Crippen molar-refractivity contribution >= 4 is 26.3 Å². The predicted octanol–water partition coefficient (Wildman–Crippen LogP) is 13.7. The molecule has 0 unspecified atom stereocenters. The normalized spacial score (nSPS) is 11.5. The van der Waals surface area contributed by atoms with Crippen LogP contribution in [-0.4, -0.2) is 26.3 Å².